The van der Waals surface area contributed by atoms with Gasteiger partial charge in [0.05, 0.1) is 10.6 Å². The molecule has 0 spiro atoms. The topological polar surface area (TPSA) is 53.5 Å². The molecule has 0 radical (unpaired) electrons. The van der Waals surface area contributed by atoms with Crippen molar-refractivity contribution in [1.82, 2.24) is 14.2 Å². The van der Waals surface area contributed by atoms with E-state index < -0.39 is 15.8 Å². The Hall–Kier alpha value is -1.65. The van der Waals surface area contributed by atoms with Crippen LogP contribution < -0.4 is 0 Å². The SMILES string of the molecule is O=S(=O)(c1ccccc1F)N1CCN(Cc2csc(-c3cccs3)n2)CC1. The van der Waals surface area contributed by atoms with Gasteiger partial charge in [-0.25, -0.2) is 17.8 Å². The van der Waals surface area contributed by atoms with E-state index in [0.29, 0.717) is 32.7 Å². The predicted molar refractivity (Wildman–Crippen MR) is 106 cm³/mol. The molecule has 9 heteroatoms. The second kappa shape index (κ2) is 7.76. The minimum absolute atomic E-state index is 0.251. The van der Waals surface area contributed by atoms with Crippen molar-refractivity contribution < 1.29 is 12.8 Å². The van der Waals surface area contributed by atoms with Crippen LogP contribution in [0, 0.1) is 5.82 Å². The lowest BCUT2D eigenvalue weighted by molar-refractivity contribution is 0.180. The van der Waals surface area contributed by atoms with Crippen LogP contribution in [0.25, 0.3) is 9.88 Å². The third-order valence-electron chi connectivity index (χ3n) is 4.46. The molecule has 3 heterocycles. The molecule has 4 rings (SSSR count). The minimum atomic E-state index is -3.80. The molecule has 0 unspecified atom stereocenters. The number of piperazine rings is 1. The fraction of sp³-hybridized carbons (Fsp3) is 0.278. The number of hydrogen-bond acceptors (Lipinski definition) is 6. The Balaban J connectivity index is 1.39. The molecule has 2 aromatic heterocycles. The molecule has 3 aromatic rings. The van der Waals surface area contributed by atoms with E-state index >= 15 is 0 Å². The number of thiophene rings is 1. The van der Waals surface area contributed by atoms with E-state index in [4.69, 9.17) is 0 Å². The molecule has 1 saturated heterocycles. The Morgan fingerprint density at radius 1 is 1.04 bits per heavy atom. The van der Waals surface area contributed by atoms with Gasteiger partial charge >= 0.3 is 0 Å². The van der Waals surface area contributed by atoms with Crippen molar-refractivity contribution in [3.8, 4) is 9.88 Å². The maximum absolute atomic E-state index is 13.9. The highest BCUT2D eigenvalue weighted by Gasteiger charge is 2.30. The predicted octanol–water partition coefficient (Wildman–Crippen LogP) is 3.52. The Bertz CT molecular complexity index is 1010. The first-order valence-corrected chi connectivity index (χ1v) is 11.7. The van der Waals surface area contributed by atoms with Crippen molar-refractivity contribution in [3.05, 3.63) is 58.7 Å². The van der Waals surface area contributed by atoms with Gasteiger partial charge in [-0.3, -0.25) is 4.90 Å². The molecule has 27 heavy (non-hydrogen) atoms. The number of aromatic nitrogens is 1. The lowest BCUT2D eigenvalue weighted by atomic mass is 10.3. The highest BCUT2D eigenvalue weighted by atomic mass is 32.2. The summed E-state index contributed by atoms with van der Waals surface area (Å²) in [6.07, 6.45) is 0. The quantitative estimate of drug-likeness (QED) is 0.630. The van der Waals surface area contributed by atoms with Crippen molar-refractivity contribution in [2.24, 2.45) is 0 Å². The smallest absolute Gasteiger partial charge is 0.246 e. The number of thiazole rings is 1. The van der Waals surface area contributed by atoms with Crippen LogP contribution in [0.3, 0.4) is 0 Å². The molecule has 1 aliphatic heterocycles. The van der Waals surface area contributed by atoms with E-state index in [1.165, 1.54) is 22.5 Å². The molecule has 1 aliphatic rings. The zero-order valence-electron chi connectivity index (χ0n) is 14.4. The van der Waals surface area contributed by atoms with E-state index in [9.17, 15) is 12.8 Å². The molecular formula is C18H18FN3O2S3. The first kappa shape index (κ1) is 18.7. The van der Waals surface area contributed by atoms with Gasteiger partial charge in [-0.1, -0.05) is 18.2 Å². The standard InChI is InChI=1S/C18H18FN3O2S3/c19-15-4-1-2-6-17(15)27(23,24)22-9-7-21(8-10-22)12-14-13-26-18(20-14)16-5-3-11-25-16/h1-6,11,13H,7-10,12H2. The number of nitrogens with zero attached hydrogens (tertiary/aromatic N) is 3. The maximum atomic E-state index is 13.9. The monoisotopic (exact) mass is 423 g/mol. The average Bonchev–Trinajstić information content (AvgIpc) is 3.34. The fourth-order valence-electron chi connectivity index (χ4n) is 3.04. The third kappa shape index (κ3) is 3.97. The van der Waals surface area contributed by atoms with Crippen LogP contribution in [-0.2, 0) is 16.6 Å². The summed E-state index contributed by atoms with van der Waals surface area (Å²) in [4.78, 5) is 7.77. The molecule has 0 atom stereocenters. The highest BCUT2D eigenvalue weighted by Crippen LogP contribution is 2.28. The fourth-order valence-corrected chi connectivity index (χ4v) is 6.16. The van der Waals surface area contributed by atoms with E-state index in [2.05, 4.69) is 21.3 Å². The van der Waals surface area contributed by atoms with Gasteiger partial charge < -0.3 is 0 Å². The van der Waals surface area contributed by atoms with Crippen molar-refractivity contribution in [1.29, 1.82) is 0 Å². The first-order chi connectivity index (χ1) is 13.0. The normalized spacial score (nSPS) is 16.6. The molecule has 0 amide bonds. The van der Waals surface area contributed by atoms with Crippen molar-refractivity contribution in [2.45, 2.75) is 11.4 Å². The number of hydrogen-bond donors (Lipinski definition) is 0. The van der Waals surface area contributed by atoms with E-state index in [-0.39, 0.29) is 4.90 Å². The molecule has 0 aliphatic carbocycles. The van der Waals surface area contributed by atoms with Gasteiger partial charge in [-0.2, -0.15) is 4.31 Å². The summed E-state index contributed by atoms with van der Waals surface area (Å²) in [5.74, 6) is -0.705. The van der Waals surface area contributed by atoms with Crippen LogP contribution in [0.4, 0.5) is 4.39 Å². The van der Waals surface area contributed by atoms with Gasteiger partial charge in [-0.05, 0) is 23.6 Å². The maximum Gasteiger partial charge on any atom is 0.246 e. The van der Waals surface area contributed by atoms with Crippen LogP contribution in [-0.4, -0.2) is 48.8 Å². The van der Waals surface area contributed by atoms with Gasteiger partial charge in [0.25, 0.3) is 0 Å². The second-order valence-corrected chi connectivity index (χ2v) is 9.94. The van der Waals surface area contributed by atoms with Gasteiger partial charge in [0, 0.05) is 38.1 Å². The van der Waals surface area contributed by atoms with Crippen LogP contribution >= 0.6 is 22.7 Å². The van der Waals surface area contributed by atoms with Crippen LogP contribution in [0.1, 0.15) is 5.69 Å². The lowest BCUT2D eigenvalue weighted by Crippen LogP contribution is -2.48. The molecule has 142 valence electrons. The van der Waals surface area contributed by atoms with E-state index in [1.807, 2.05) is 11.4 Å². The molecule has 5 nitrogen and oxygen atoms in total. The van der Waals surface area contributed by atoms with Crippen LogP contribution in [0.2, 0.25) is 0 Å². The first-order valence-electron chi connectivity index (χ1n) is 8.49. The van der Waals surface area contributed by atoms with Gasteiger partial charge in [-0.15, -0.1) is 22.7 Å². The van der Waals surface area contributed by atoms with E-state index in [1.54, 1.807) is 28.7 Å². The second-order valence-electron chi connectivity index (χ2n) is 6.23. The molecule has 1 fully saturated rings. The zero-order chi connectivity index (χ0) is 18.9. The summed E-state index contributed by atoms with van der Waals surface area (Å²) in [5.41, 5.74) is 0.994. The lowest BCUT2D eigenvalue weighted by Gasteiger charge is -2.33. The van der Waals surface area contributed by atoms with E-state index in [0.717, 1.165) is 15.6 Å². The Morgan fingerprint density at radius 3 is 2.52 bits per heavy atom. The van der Waals surface area contributed by atoms with Gasteiger partial charge in [0.15, 0.2) is 0 Å². The Kier molecular flexibility index (Phi) is 5.38. The molecule has 0 N–H and O–H groups in total. The molecule has 0 saturated carbocycles. The highest BCUT2D eigenvalue weighted by molar-refractivity contribution is 7.89. The molecule has 0 bridgehead atoms. The van der Waals surface area contributed by atoms with Crippen LogP contribution in [0.5, 0.6) is 0 Å². The summed E-state index contributed by atoms with van der Waals surface area (Å²) in [5, 5.41) is 5.10. The summed E-state index contributed by atoms with van der Waals surface area (Å²) in [6, 6.07) is 9.59. The minimum Gasteiger partial charge on any atom is -0.295 e. The Labute approximate surface area is 165 Å². The van der Waals surface area contributed by atoms with Crippen molar-refractivity contribution >= 4 is 32.7 Å². The molecular weight excluding hydrogens is 405 g/mol. The Morgan fingerprint density at radius 2 is 1.81 bits per heavy atom. The summed E-state index contributed by atoms with van der Waals surface area (Å²) < 4.78 is 40.6. The van der Waals surface area contributed by atoms with Gasteiger partial charge in [0.2, 0.25) is 10.0 Å². The number of sulfonamides is 1. The summed E-state index contributed by atoms with van der Waals surface area (Å²) >= 11 is 3.29. The van der Waals surface area contributed by atoms with Crippen LogP contribution in [0.15, 0.2) is 52.1 Å². The number of benzene rings is 1. The summed E-state index contributed by atoms with van der Waals surface area (Å²) in [6.45, 7) is 2.58. The average molecular weight is 424 g/mol. The number of halogens is 1. The van der Waals surface area contributed by atoms with Crippen molar-refractivity contribution in [3.63, 3.8) is 0 Å². The number of rotatable bonds is 5. The van der Waals surface area contributed by atoms with Crippen molar-refractivity contribution in [2.75, 3.05) is 26.2 Å². The zero-order valence-corrected chi connectivity index (χ0v) is 16.9. The van der Waals surface area contributed by atoms with Gasteiger partial charge in [0.1, 0.15) is 15.7 Å². The summed E-state index contributed by atoms with van der Waals surface area (Å²) in [7, 11) is -3.80. The molecule has 1 aromatic carbocycles. The largest absolute Gasteiger partial charge is 0.295 e. The third-order valence-corrected chi connectivity index (χ3v) is 8.32.